The average molecular weight is 328 g/mol. The predicted molar refractivity (Wildman–Crippen MR) is 79.5 cm³/mol. The lowest BCUT2D eigenvalue weighted by Gasteiger charge is -2.31. The van der Waals surface area contributed by atoms with Crippen LogP contribution < -0.4 is 0 Å². The summed E-state index contributed by atoms with van der Waals surface area (Å²) in [5.41, 5.74) is 0.239. The van der Waals surface area contributed by atoms with Gasteiger partial charge < -0.3 is 13.3 Å². The van der Waals surface area contributed by atoms with Gasteiger partial charge in [-0.15, -0.1) is 0 Å². The summed E-state index contributed by atoms with van der Waals surface area (Å²) in [6.07, 6.45) is 6.73. The van der Waals surface area contributed by atoms with E-state index in [0.717, 1.165) is 25.2 Å². The lowest BCUT2D eigenvalue weighted by molar-refractivity contribution is -0.147. The van der Waals surface area contributed by atoms with Crippen LogP contribution in [0.5, 0.6) is 0 Å². The van der Waals surface area contributed by atoms with E-state index in [1.54, 1.807) is 0 Å². The summed E-state index contributed by atoms with van der Waals surface area (Å²) < 4.78 is 15.7. The van der Waals surface area contributed by atoms with E-state index < -0.39 is 26.7 Å². The van der Waals surface area contributed by atoms with E-state index in [9.17, 15) is 14.4 Å². The highest BCUT2D eigenvalue weighted by Crippen LogP contribution is 2.57. The van der Waals surface area contributed by atoms with Crippen LogP contribution in [0, 0.1) is 11.3 Å². The van der Waals surface area contributed by atoms with Crippen LogP contribution in [0.15, 0.2) is 0 Å². The molecule has 0 aromatic heterocycles. The molecule has 2 rings (SSSR count). The molecule has 0 radical (unpaired) electrons. The molecule has 2 saturated carbocycles. The summed E-state index contributed by atoms with van der Waals surface area (Å²) in [5.74, 6) is -0.987. The SMILES string of the molecule is CC(=O)O[Si](CCC12CCC(CC1)C2)(OC(C)=O)OC(C)=O. The molecule has 22 heavy (non-hydrogen) atoms. The molecular weight excluding hydrogens is 304 g/mol. The third-order valence-corrected chi connectivity index (χ3v) is 7.40. The molecule has 0 aromatic carbocycles. The molecule has 0 atom stereocenters. The first-order valence-corrected chi connectivity index (χ1v) is 9.76. The Morgan fingerprint density at radius 1 is 0.955 bits per heavy atom. The summed E-state index contributed by atoms with van der Waals surface area (Å²) in [4.78, 5) is 34.2. The molecule has 2 fully saturated rings. The number of fused-ring (bicyclic) bond motifs is 2. The lowest BCUT2D eigenvalue weighted by atomic mass is 9.82. The topological polar surface area (TPSA) is 78.9 Å². The second-order valence-corrected chi connectivity index (χ2v) is 9.09. The zero-order valence-corrected chi connectivity index (χ0v) is 14.5. The first-order valence-electron chi connectivity index (χ1n) is 7.83. The van der Waals surface area contributed by atoms with Crippen molar-refractivity contribution in [3.05, 3.63) is 0 Å². The van der Waals surface area contributed by atoms with E-state index in [-0.39, 0.29) is 5.41 Å². The summed E-state index contributed by atoms with van der Waals surface area (Å²) in [5, 5.41) is 0. The van der Waals surface area contributed by atoms with Gasteiger partial charge in [0.1, 0.15) is 0 Å². The lowest BCUT2D eigenvalue weighted by Crippen LogP contribution is -2.50. The smallest absolute Gasteiger partial charge is 0.455 e. The van der Waals surface area contributed by atoms with Crippen molar-refractivity contribution >= 4 is 26.7 Å². The van der Waals surface area contributed by atoms with Crippen molar-refractivity contribution in [1.29, 1.82) is 0 Å². The average Bonchev–Trinajstić information content (AvgIpc) is 2.94. The van der Waals surface area contributed by atoms with Gasteiger partial charge in [-0.1, -0.05) is 0 Å². The Hall–Kier alpha value is -1.37. The van der Waals surface area contributed by atoms with Gasteiger partial charge in [-0.2, -0.15) is 0 Å². The van der Waals surface area contributed by atoms with Gasteiger partial charge >= 0.3 is 8.80 Å². The third-order valence-electron chi connectivity index (χ3n) is 4.75. The van der Waals surface area contributed by atoms with Crippen LogP contribution in [0.25, 0.3) is 0 Å². The quantitative estimate of drug-likeness (QED) is 0.697. The zero-order chi connectivity index (χ0) is 16.4. The standard InChI is InChI=1S/C15H24O6Si/c1-11(16)19-22(20-12(2)17,21-13(3)18)9-8-15-6-4-14(10-15)5-7-15/h14H,4-10H2,1-3H3. The first-order chi connectivity index (χ1) is 10.2. The van der Waals surface area contributed by atoms with Crippen LogP contribution in [0.1, 0.15) is 59.3 Å². The van der Waals surface area contributed by atoms with Gasteiger partial charge in [-0.05, 0) is 49.9 Å². The fraction of sp³-hybridized carbons (Fsp3) is 0.800. The molecule has 124 valence electrons. The molecular formula is C15H24O6Si. The number of carbonyl (C=O) groups excluding carboxylic acids is 3. The van der Waals surface area contributed by atoms with E-state index in [0.29, 0.717) is 6.04 Å². The number of rotatable bonds is 6. The Bertz CT molecular complexity index is 426. The Labute approximate surface area is 131 Å². The number of carbonyl (C=O) groups is 3. The summed E-state index contributed by atoms with van der Waals surface area (Å²) in [6.45, 7) is 3.69. The van der Waals surface area contributed by atoms with Crippen molar-refractivity contribution in [1.82, 2.24) is 0 Å². The van der Waals surface area contributed by atoms with Gasteiger partial charge in [-0.3, -0.25) is 14.4 Å². The largest absolute Gasteiger partial charge is 0.705 e. The molecule has 0 heterocycles. The van der Waals surface area contributed by atoms with Crippen LogP contribution in [0.4, 0.5) is 0 Å². The van der Waals surface area contributed by atoms with Crippen molar-refractivity contribution in [3.63, 3.8) is 0 Å². The second kappa shape index (κ2) is 6.40. The monoisotopic (exact) mass is 328 g/mol. The Morgan fingerprint density at radius 3 is 1.73 bits per heavy atom. The molecule has 0 N–H and O–H groups in total. The van der Waals surface area contributed by atoms with Crippen molar-refractivity contribution in [2.24, 2.45) is 11.3 Å². The molecule has 0 saturated heterocycles. The fourth-order valence-electron chi connectivity index (χ4n) is 3.95. The molecule has 0 spiro atoms. The zero-order valence-electron chi connectivity index (χ0n) is 13.5. The number of hydrogen-bond acceptors (Lipinski definition) is 6. The van der Waals surface area contributed by atoms with E-state index >= 15 is 0 Å². The van der Waals surface area contributed by atoms with Gasteiger partial charge in [0.05, 0.1) is 6.04 Å². The van der Waals surface area contributed by atoms with Crippen LogP contribution >= 0.6 is 0 Å². The van der Waals surface area contributed by atoms with Crippen LogP contribution in [-0.4, -0.2) is 26.7 Å². The molecule has 0 amide bonds. The molecule has 2 aliphatic carbocycles. The predicted octanol–water partition coefficient (Wildman–Crippen LogP) is 2.59. The van der Waals surface area contributed by atoms with Crippen LogP contribution in [0.3, 0.4) is 0 Å². The van der Waals surface area contributed by atoms with Crippen molar-refractivity contribution in [2.45, 2.75) is 65.3 Å². The second-order valence-electron chi connectivity index (χ2n) is 6.61. The van der Waals surface area contributed by atoms with Gasteiger partial charge in [0.2, 0.25) is 0 Å². The molecule has 0 aliphatic heterocycles. The summed E-state index contributed by atoms with van der Waals surface area (Å²) >= 11 is 0. The maximum atomic E-state index is 11.4. The van der Waals surface area contributed by atoms with E-state index in [4.69, 9.17) is 13.3 Å². The fourth-order valence-corrected chi connectivity index (χ4v) is 6.54. The van der Waals surface area contributed by atoms with Crippen LogP contribution in [0.2, 0.25) is 6.04 Å². The van der Waals surface area contributed by atoms with Crippen molar-refractivity contribution < 1.29 is 27.7 Å². The van der Waals surface area contributed by atoms with Crippen molar-refractivity contribution in [2.75, 3.05) is 0 Å². The number of hydrogen-bond donors (Lipinski definition) is 0. The van der Waals surface area contributed by atoms with Crippen molar-refractivity contribution in [3.8, 4) is 0 Å². The minimum atomic E-state index is -3.65. The van der Waals surface area contributed by atoms with Gasteiger partial charge in [-0.25, -0.2) is 0 Å². The molecule has 0 aromatic rings. The summed E-state index contributed by atoms with van der Waals surface area (Å²) in [7, 11) is -3.65. The minimum Gasteiger partial charge on any atom is -0.455 e. The molecule has 0 unspecified atom stereocenters. The van der Waals surface area contributed by atoms with Gasteiger partial charge in [0.15, 0.2) is 0 Å². The van der Waals surface area contributed by atoms with Gasteiger partial charge in [0, 0.05) is 20.8 Å². The van der Waals surface area contributed by atoms with Gasteiger partial charge in [0.25, 0.3) is 17.9 Å². The maximum Gasteiger partial charge on any atom is 0.705 e. The first kappa shape index (κ1) is 17.0. The Kier molecular flexibility index (Phi) is 4.94. The Balaban J connectivity index is 2.12. The summed E-state index contributed by atoms with van der Waals surface area (Å²) in [6, 6.07) is 0.318. The normalized spacial score (nSPS) is 26.6. The van der Waals surface area contributed by atoms with E-state index in [1.165, 1.54) is 40.0 Å². The maximum absolute atomic E-state index is 11.4. The highest BCUT2D eigenvalue weighted by molar-refractivity contribution is 6.65. The van der Waals surface area contributed by atoms with Crippen LogP contribution in [-0.2, 0) is 27.7 Å². The highest BCUT2D eigenvalue weighted by atomic mass is 28.4. The highest BCUT2D eigenvalue weighted by Gasteiger charge is 2.54. The Morgan fingerprint density at radius 2 is 1.41 bits per heavy atom. The molecule has 6 nitrogen and oxygen atoms in total. The van der Waals surface area contributed by atoms with E-state index in [1.807, 2.05) is 0 Å². The minimum absolute atomic E-state index is 0.239. The molecule has 2 bridgehead atoms. The third kappa shape index (κ3) is 4.09. The van der Waals surface area contributed by atoms with E-state index in [2.05, 4.69) is 0 Å². The molecule has 2 aliphatic rings. The molecule has 7 heteroatoms.